The molecule has 0 unspecified atom stereocenters. The summed E-state index contributed by atoms with van der Waals surface area (Å²) >= 11 is 6.82. The standard InChI is InChI=1S/C16H14Br2O4/c1-20-9-7-12(21-2)15(13(8-9)22-3)16(19)14-10(17)5-4-6-11(14)18/h4-8H,1-3H3. The summed E-state index contributed by atoms with van der Waals surface area (Å²) in [7, 11) is 4.54. The Morgan fingerprint density at radius 3 is 1.77 bits per heavy atom. The molecule has 0 saturated carbocycles. The lowest BCUT2D eigenvalue weighted by atomic mass is 10.0. The number of hydrogen-bond donors (Lipinski definition) is 0. The fraction of sp³-hybridized carbons (Fsp3) is 0.188. The molecule has 0 fully saturated rings. The van der Waals surface area contributed by atoms with E-state index in [1.54, 1.807) is 31.4 Å². The smallest absolute Gasteiger partial charge is 0.202 e. The molecule has 4 nitrogen and oxygen atoms in total. The lowest BCUT2D eigenvalue weighted by Gasteiger charge is -2.15. The second-order valence-corrected chi connectivity index (χ2v) is 6.04. The minimum Gasteiger partial charge on any atom is -0.496 e. The molecule has 22 heavy (non-hydrogen) atoms. The fourth-order valence-electron chi connectivity index (χ4n) is 2.07. The highest BCUT2D eigenvalue weighted by molar-refractivity contribution is 9.11. The van der Waals surface area contributed by atoms with Crippen molar-refractivity contribution >= 4 is 37.6 Å². The van der Waals surface area contributed by atoms with E-state index in [9.17, 15) is 4.79 Å². The number of hydrogen-bond acceptors (Lipinski definition) is 4. The average molecular weight is 430 g/mol. The molecule has 0 heterocycles. The number of halogens is 2. The molecule has 0 N–H and O–H groups in total. The van der Waals surface area contributed by atoms with Gasteiger partial charge in [-0.3, -0.25) is 4.79 Å². The first kappa shape index (κ1) is 16.8. The van der Waals surface area contributed by atoms with Crippen LogP contribution in [0.15, 0.2) is 39.3 Å². The van der Waals surface area contributed by atoms with Crippen LogP contribution in [0.25, 0.3) is 0 Å². The third kappa shape index (κ3) is 3.13. The van der Waals surface area contributed by atoms with Crippen LogP contribution in [0.4, 0.5) is 0 Å². The van der Waals surface area contributed by atoms with Gasteiger partial charge in [-0.05, 0) is 44.0 Å². The van der Waals surface area contributed by atoms with Crippen LogP contribution in [0.1, 0.15) is 15.9 Å². The third-order valence-corrected chi connectivity index (χ3v) is 4.45. The molecule has 0 amide bonds. The molecule has 0 bridgehead atoms. The van der Waals surface area contributed by atoms with Gasteiger partial charge < -0.3 is 14.2 Å². The number of methoxy groups -OCH3 is 3. The summed E-state index contributed by atoms with van der Waals surface area (Å²) in [5.74, 6) is 1.12. The highest BCUT2D eigenvalue weighted by Gasteiger charge is 2.24. The molecule has 2 aromatic rings. The molecular formula is C16H14Br2O4. The molecule has 0 aromatic heterocycles. The van der Waals surface area contributed by atoms with Crippen molar-refractivity contribution in [2.75, 3.05) is 21.3 Å². The van der Waals surface area contributed by atoms with Gasteiger partial charge in [0.1, 0.15) is 22.8 Å². The number of rotatable bonds is 5. The van der Waals surface area contributed by atoms with Crippen LogP contribution < -0.4 is 14.2 Å². The predicted molar refractivity (Wildman–Crippen MR) is 91.4 cm³/mol. The Morgan fingerprint density at radius 2 is 1.36 bits per heavy atom. The maximum absolute atomic E-state index is 13.0. The predicted octanol–water partition coefficient (Wildman–Crippen LogP) is 4.47. The number of carbonyl (C=O) groups is 1. The molecular weight excluding hydrogens is 416 g/mol. The second-order valence-electron chi connectivity index (χ2n) is 4.33. The van der Waals surface area contributed by atoms with Crippen molar-refractivity contribution in [3.63, 3.8) is 0 Å². The van der Waals surface area contributed by atoms with Crippen LogP contribution in [-0.4, -0.2) is 27.1 Å². The first-order valence-corrected chi connectivity index (χ1v) is 7.90. The summed E-state index contributed by atoms with van der Waals surface area (Å²) in [6, 6.07) is 8.76. The van der Waals surface area contributed by atoms with Crippen LogP contribution in [0.5, 0.6) is 17.2 Å². The van der Waals surface area contributed by atoms with E-state index in [0.29, 0.717) is 37.3 Å². The third-order valence-electron chi connectivity index (χ3n) is 3.13. The number of benzene rings is 2. The Bertz CT molecular complexity index is 668. The molecule has 0 aliphatic rings. The van der Waals surface area contributed by atoms with Crippen molar-refractivity contribution in [3.8, 4) is 17.2 Å². The van der Waals surface area contributed by atoms with Crippen LogP contribution in [0, 0.1) is 0 Å². The minimum atomic E-state index is -0.212. The Morgan fingerprint density at radius 1 is 0.864 bits per heavy atom. The Balaban J connectivity index is 2.68. The molecule has 6 heteroatoms. The van der Waals surface area contributed by atoms with E-state index >= 15 is 0 Å². The van der Waals surface area contributed by atoms with Crippen molar-refractivity contribution in [1.29, 1.82) is 0 Å². The molecule has 0 saturated heterocycles. The summed E-state index contributed by atoms with van der Waals surface area (Å²) in [6.45, 7) is 0. The molecule has 0 aliphatic carbocycles. The largest absolute Gasteiger partial charge is 0.496 e. The molecule has 0 atom stereocenters. The highest BCUT2D eigenvalue weighted by Crippen LogP contribution is 2.38. The van der Waals surface area contributed by atoms with E-state index in [2.05, 4.69) is 31.9 Å². The number of ether oxygens (including phenoxy) is 3. The van der Waals surface area contributed by atoms with Crippen molar-refractivity contribution in [3.05, 3.63) is 50.4 Å². The van der Waals surface area contributed by atoms with Crippen LogP contribution in [0.3, 0.4) is 0 Å². The SMILES string of the molecule is COc1cc(OC)c(C(=O)c2c(Br)cccc2Br)c(OC)c1. The zero-order valence-electron chi connectivity index (χ0n) is 12.3. The summed E-state index contributed by atoms with van der Waals surface area (Å²) in [4.78, 5) is 13.0. The lowest BCUT2D eigenvalue weighted by Crippen LogP contribution is -2.08. The zero-order chi connectivity index (χ0) is 16.3. The molecule has 2 aromatic carbocycles. The molecule has 0 spiro atoms. The lowest BCUT2D eigenvalue weighted by molar-refractivity contribution is 0.103. The van der Waals surface area contributed by atoms with Crippen molar-refractivity contribution in [1.82, 2.24) is 0 Å². The van der Waals surface area contributed by atoms with E-state index in [1.807, 2.05) is 6.07 Å². The molecule has 0 radical (unpaired) electrons. The van der Waals surface area contributed by atoms with Gasteiger partial charge in [-0.15, -0.1) is 0 Å². The maximum Gasteiger partial charge on any atom is 0.202 e. The van der Waals surface area contributed by atoms with Crippen LogP contribution in [0.2, 0.25) is 0 Å². The topological polar surface area (TPSA) is 44.8 Å². The van der Waals surface area contributed by atoms with Gasteiger partial charge in [0.15, 0.2) is 0 Å². The maximum atomic E-state index is 13.0. The Labute approximate surface area is 145 Å². The van der Waals surface area contributed by atoms with Gasteiger partial charge in [0.2, 0.25) is 5.78 Å². The number of carbonyl (C=O) groups excluding carboxylic acids is 1. The first-order chi connectivity index (χ1) is 10.5. The van der Waals surface area contributed by atoms with E-state index in [1.165, 1.54) is 14.2 Å². The van der Waals surface area contributed by atoms with Gasteiger partial charge in [-0.25, -0.2) is 0 Å². The van der Waals surface area contributed by atoms with Gasteiger partial charge in [-0.2, -0.15) is 0 Å². The van der Waals surface area contributed by atoms with Crippen molar-refractivity contribution in [2.45, 2.75) is 0 Å². The van der Waals surface area contributed by atoms with Gasteiger partial charge in [0.05, 0.1) is 26.9 Å². The monoisotopic (exact) mass is 428 g/mol. The van der Waals surface area contributed by atoms with E-state index < -0.39 is 0 Å². The summed E-state index contributed by atoms with van der Waals surface area (Å²) < 4.78 is 17.3. The van der Waals surface area contributed by atoms with Crippen LogP contribution in [-0.2, 0) is 0 Å². The van der Waals surface area contributed by atoms with Crippen molar-refractivity contribution in [2.24, 2.45) is 0 Å². The molecule has 0 aliphatic heterocycles. The van der Waals surface area contributed by atoms with E-state index in [-0.39, 0.29) is 5.78 Å². The summed E-state index contributed by atoms with van der Waals surface area (Å²) in [6.07, 6.45) is 0. The highest BCUT2D eigenvalue weighted by atomic mass is 79.9. The molecule has 116 valence electrons. The Kier molecular flexibility index (Phi) is 5.47. The van der Waals surface area contributed by atoms with Crippen molar-refractivity contribution < 1.29 is 19.0 Å². The average Bonchev–Trinajstić information content (AvgIpc) is 2.52. The Hall–Kier alpha value is -1.53. The first-order valence-electron chi connectivity index (χ1n) is 6.32. The van der Waals surface area contributed by atoms with Gasteiger partial charge in [0, 0.05) is 21.1 Å². The number of ketones is 1. The van der Waals surface area contributed by atoms with Gasteiger partial charge in [0.25, 0.3) is 0 Å². The van der Waals surface area contributed by atoms with Gasteiger partial charge in [-0.1, -0.05) is 6.07 Å². The minimum absolute atomic E-state index is 0.212. The normalized spacial score (nSPS) is 10.2. The zero-order valence-corrected chi connectivity index (χ0v) is 15.4. The van der Waals surface area contributed by atoms with E-state index in [0.717, 1.165) is 0 Å². The van der Waals surface area contributed by atoms with Gasteiger partial charge >= 0.3 is 0 Å². The van der Waals surface area contributed by atoms with E-state index in [4.69, 9.17) is 14.2 Å². The van der Waals surface area contributed by atoms with Crippen LogP contribution >= 0.6 is 31.9 Å². The second kappa shape index (κ2) is 7.15. The summed E-state index contributed by atoms with van der Waals surface area (Å²) in [5.41, 5.74) is 0.850. The fourth-order valence-corrected chi connectivity index (χ4v) is 3.43. The quantitative estimate of drug-likeness (QED) is 0.658. The molecule has 2 rings (SSSR count). The summed E-state index contributed by atoms with van der Waals surface area (Å²) in [5, 5.41) is 0.